The molecular formula is C24H23N3O4. The minimum absolute atomic E-state index is 0.0971. The summed E-state index contributed by atoms with van der Waals surface area (Å²) < 4.78 is 11.1. The number of carbonyl (C=O) groups is 2. The highest BCUT2D eigenvalue weighted by molar-refractivity contribution is 6.05. The van der Waals surface area contributed by atoms with E-state index in [4.69, 9.17) is 9.47 Å². The Morgan fingerprint density at radius 3 is 2.81 bits per heavy atom. The van der Waals surface area contributed by atoms with E-state index in [0.717, 1.165) is 40.6 Å². The number of nitrogens with one attached hydrogen (secondary N) is 1. The van der Waals surface area contributed by atoms with Crippen molar-refractivity contribution in [3.05, 3.63) is 59.3 Å². The summed E-state index contributed by atoms with van der Waals surface area (Å²) in [5.41, 5.74) is 4.00. The van der Waals surface area contributed by atoms with Crippen LogP contribution in [0, 0.1) is 0 Å². The van der Waals surface area contributed by atoms with Crippen LogP contribution in [0.1, 0.15) is 42.6 Å². The molecule has 1 fully saturated rings. The molecule has 1 saturated heterocycles. The summed E-state index contributed by atoms with van der Waals surface area (Å²) in [4.78, 5) is 33.5. The van der Waals surface area contributed by atoms with Gasteiger partial charge in [0, 0.05) is 29.6 Å². The Balaban J connectivity index is 1.52. The van der Waals surface area contributed by atoms with E-state index in [9.17, 15) is 9.59 Å². The zero-order valence-electron chi connectivity index (χ0n) is 17.3. The van der Waals surface area contributed by atoms with Crippen LogP contribution in [0.15, 0.2) is 42.5 Å². The Bertz CT molecular complexity index is 1220. The van der Waals surface area contributed by atoms with Crippen molar-refractivity contribution in [3.8, 4) is 11.5 Å². The maximum Gasteiger partial charge on any atom is 0.328 e. The normalized spacial score (nSPS) is 21.7. The molecule has 6 rings (SSSR count). The van der Waals surface area contributed by atoms with Crippen molar-refractivity contribution in [1.29, 1.82) is 0 Å². The predicted molar refractivity (Wildman–Crippen MR) is 114 cm³/mol. The fraction of sp³-hybridized carbons (Fsp3) is 0.333. The summed E-state index contributed by atoms with van der Waals surface area (Å²) in [6.45, 7) is 2.71. The largest absolute Gasteiger partial charge is 0.454 e. The number of para-hydroxylation sites is 1. The molecule has 2 atom stereocenters. The van der Waals surface area contributed by atoms with Gasteiger partial charge in [0.05, 0.1) is 0 Å². The summed E-state index contributed by atoms with van der Waals surface area (Å²) in [5, 5.41) is 1.11. The van der Waals surface area contributed by atoms with E-state index >= 15 is 0 Å². The smallest absolute Gasteiger partial charge is 0.328 e. The maximum atomic E-state index is 13.5. The van der Waals surface area contributed by atoms with Gasteiger partial charge >= 0.3 is 6.03 Å². The number of nitrogens with zero attached hydrogens (tertiary/aromatic N) is 2. The quantitative estimate of drug-likeness (QED) is 0.652. The summed E-state index contributed by atoms with van der Waals surface area (Å²) in [7, 11) is 0. The van der Waals surface area contributed by atoms with Crippen LogP contribution in [0.25, 0.3) is 10.9 Å². The van der Waals surface area contributed by atoms with Crippen molar-refractivity contribution < 1.29 is 19.1 Å². The zero-order valence-corrected chi connectivity index (χ0v) is 17.3. The zero-order chi connectivity index (χ0) is 21.1. The molecule has 0 radical (unpaired) electrons. The van der Waals surface area contributed by atoms with Crippen LogP contribution in [0.5, 0.6) is 11.5 Å². The second kappa shape index (κ2) is 6.77. The van der Waals surface area contributed by atoms with E-state index in [1.165, 1.54) is 4.90 Å². The highest BCUT2D eigenvalue weighted by atomic mass is 16.7. The molecule has 4 heterocycles. The van der Waals surface area contributed by atoms with Gasteiger partial charge in [-0.1, -0.05) is 37.6 Å². The van der Waals surface area contributed by atoms with Crippen LogP contribution in [-0.2, 0) is 11.2 Å². The number of H-pyrrole nitrogens is 1. The highest BCUT2D eigenvalue weighted by Gasteiger charge is 2.52. The van der Waals surface area contributed by atoms with Gasteiger partial charge in [-0.25, -0.2) is 4.79 Å². The molecule has 0 aliphatic carbocycles. The number of amides is 3. The van der Waals surface area contributed by atoms with E-state index in [1.54, 1.807) is 4.90 Å². The minimum Gasteiger partial charge on any atom is -0.454 e. The molecule has 3 aliphatic heterocycles. The second-order valence-corrected chi connectivity index (χ2v) is 8.33. The van der Waals surface area contributed by atoms with Gasteiger partial charge in [0.1, 0.15) is 12.1 Å². The third-order valence-electron chi connectivity index (χ3n) is 6.58. The Hall–Kier alpha value is -3.48. The van der Waals surface area contributed by atoms with Gasteiger partial charge in [0.2, 0.25) is 6.79 Å². The van der Waals surface area contributed by atoms with Crippen molar-refractivity contribution in [1.82, 2.24) is 14.8 Å². The number of aromatic nitrogens is 1. The van der Waals surface area contributed by atoms with Crippen molar-refractivity contribution in [2.24, 2.45) is 0 Å². The topological polar surface area (TPSA) is 74.9 Å². The minimum atomic E-state index is -0.494. The summed E-state index contributed by atoms with van der Waals surface area (Å²) in [6.07, 6.45) is 2.26. The molecule has 0 saturated carbocycles. The van der Waals surface area contributed by atoms with Crippen LogP contribution in [0.4, 0.5) is 4.79 Å². The first-order valence-corrected chi connectivity index (χ1v) is 10.8. The maximum absolute atomic E-state index is 13.5. The molecular weight excluding hydrogens is 394 g/mol. The molecule has 31 heavy (non-hydrogen) atoms. The van der Waals surface area contributed by atoms with Crippen LogP contribution in [-0.4, -0.2) is 46.1 Å². The standard InChI is InChI=1S/C24H23N3O4/c1-2-3-10-26-23(28)18-12-16-15-6-4-5-7-17(15)25-21(16)22(27(18)24(26)29)14-8-9-19-20(11-14)31-13-30-19/h4-9,11,18,22,25H,2-3,10,12-13H2,1H3/t18-,22-/m0/s1. The lowest BCUT2D eigenvalue weighted by Crippen LogP contribution is -2.44. The summed E-state index contributed by atoms with van der Waals surface area (Å²) in [6, 6.07) is 12.8. The average Bonchev–Trinajstić information content (AvgIpc) is 3.46. The van der Waals surface area contributed by atoms with E-state index in [1.807, 2.05) is 36.4 Å². The number of fused-ring (bicyclic) bond motifs is 5. The molecule has 1 aromatic heterocycles. The lowest BCUT2D eigenvalue weighted by molar-refractivity contribution is -0.128. The number of rotatable bonds is 4. The van der Waals surface area contributed by atoms with E-state index in [0.29, 0.717) is 24.5 Å². The molecule has 158 valence electrons. The Labute approximate surface area is 179 Å². The molecule has 3 amide bonds. The molecule has 0 spiro atoms. The number of imide groups is 1. The van der Waals surface area contributed by atoms with Crippen molar-refractivity contribution in [3.63, 3.8) is 0 Å². The first-order chi connectivity index (χ1) is 15.2. The molecule has 7 nitrogen and oxygen atoms in total. The Morgan fingerprint density at radius 2 is 1.94 bits per heavy atom. The third-order valence-corrected chi connectivity index (χ3v) is 6.58. The van der Waals surface area contributed by atoms with E-state index in [-0.39, 0.29) is 18.7 Å². The van der Waals surface area contributed by atoms with Crippen molar-refractivity contribution in [2.75, 3.05) is 13.3 Å². The first-order valence-electron chi connectivity index (χ1n) is 10.8. The molecule has 3 aromatic rings. The van der Waals surface area contributed by atoms with Gasteiger partial charge in [-0.2, -0.15) is 0 Å². The van der Waals surface area contributed by atoms with E-state index in [2.05, 4.69) is 18.0 Å². The number of carbonyl (C=O) groups excluding carboxylic acids is 2. The molecule has 2 aromatic carbocycles. The number of urea groups is 1. The monoisotopic (exact) mass is 417 g/mol. The van der Waals surface area contributed by atoms with Gasteiger partial charge in [-0.05, 0) is 35.7 Å². The number of hydrogen-bond donors (Lipinski definition) is 1. The molecule has 7 heteroatoms. The molecule has 1 N–H and O–H groups in total. The van der Waals surface area contributed by atoms with Crippen LogP contribution in [0.2, 0.25) is 0 Å². The molecule has 0 bridgehead atoms. The molecule has 3 aliphatic rings. The van der Waals surface area contributed by atoms with Gasteiger partial charge in [0.25, 0.3) is 5.91 Å². The Morgan fingerprint density at radius 1 is 1.10 bits per heavy atom. The highest BCUT2D eigenvalue weighted by Crippen LogP contribution is 2.46. The van der Waals surface area contributed by atoms with Gasteiger partial charge in [-0.3, -0.25) is 14.6 Å². The summed E-state index contributed by atoms with van der Waals surface area (Å²) in [5.74, 6) is 1.26. The van der Waals surface area contributed by atoms with Crippen LogP contribution >= 0.6 is 0 Å². The fourth-order valence-corrected chi connectivity index (χ4v) is 5.08. The second-order valence-electron chi connectivity index (χ2n) is 8.33. The number of aromatic amines is 1. The fourth-order valence-electron chi connectivity index (χ4n) is 5.08. The van der Waals surface area contributed by atoms with Gasteiger partial charge in [0.15, 0.2) is 11.5 Å². The predicted octanol–water partition coefficient (Wildman–Crippen LogP) is 3.98. The number of hydrogen-bond acceptors (Lipinski definition) is 4. The lowest BCUT2D eigenvalue weighted by Gasteiger charge is -2.36. The van der Waals surface area contributed by atoms with Crippen molar-refractivity contribution in [2.45, 2.75) is 38.3 Å². The van der Waals surface area contributed by atoms with Gasteiger partial charge in [-0.15, -0.1) is 0 Å². The lowest BCUT2D eigenvalue weighted by atomic mass is 9.88. The van der Waals surface area contributed by atoms with Crippen LogP contribution in [0.3, 0.4) is 0 Å². The number of unbranched alkanes of at least 4 members (excludes halogenated alkanes) is 1. The van der Waals surface area contributed by atoms with Crippen LogP contribution < -0.4 is 9.47 Å². The molecule has 0 unspecified atom stereocenters. The third kappa shape index (κ3) is 2.59. The van der Waals surface area contributed by atoms with Crippen molar-refractivity contribution >= 4 is 22.8 Å². The van der Waals surface area contributed by atoms with Gasteiger partial charge < -0.3 is 14.5 Å². The SMILES string of the molecule is CCCCN1C(=O)[C@@H]2Cc3c([nH]c4ccccc34)[C@H](c3ccc4c(c3)OCO4)N2C1=O. The Kier molecular flexibility index (Phi) is 4.00. The average molecular weight is 417 g/mol. The van der Waals surface area contributed by atoms with E-state index < -0.39 is 12.1 Å². The number of benzene rings is 2. The number of ether oxygens (including phenoxy) is 2. The summed E-state index contributed by atoms with van der Waals surface area (Å²) >= 11 is 0. The first kappa shape index (κ1) is 18.3.